The van der Waals surface area contributed by atoms with Crippen molar-refractivity contribution in [3.05, 3.63) is 23.8 Å². The van der Waals surface area contributed by atoms with Crippen LogP contribution in [0.3, 0.4) is 0 Å². The summed E-state index contributed by atoms with van der Waals surface area (Å²) in [6, 6.07) is 5.87. The number of carbonyl (C=O) groups excluding carboxylic acids is 1. The number of esters is 1. The number of carbonyl (C=O) groups is 1. The fraction of sp³-hybridized carbons (Fsp3) is 0.588. The number of halogens is 1. The molecule has 0 amide bonds. The summed E-state index contributed by atoms with van der Waals surface area (Å²) in [6.45, 7) is 6.93. The van der Waals surface area contributed by atoms with Crippen molar-refractivity contribution >= 4 is 27.6 Å². The molecule has 0 bridgehead atoms. The van der Waals surface area contributed by atoms with Crippen molar-refractivity contribution in [3.8, 4) is 5.75 Å². The molecule has 0 aromatic heterocycles. The van der Waals surface area contributed by atoms with Crippen molar-refractivity contribution in [2.45, 2.75) is 45.1 Å². The Bertz CT molecular complexity index is 525. The average molecular weight is 370 g/mol. The maximum atomic E-state index is 12.3. The molecule has 22 heavy (non-hydrogen) atoms. The van der Waals surface area contributed by atoms with Gasteiger partial charge in [-0.05, 0) is 57.4 Å². The minimum absolute atomic E-state index is 0.185. The summed E-state index contributed by atoms with van der Waals surface area (Å²) >= 11 is 3.41. The van der Waals surface area contributed by atoms with Gasteiger partial charge in [0.2, 0.25) is 0 Å². The van der Waals surface area contributed by atoms with Gasteiger partial charge in [-0.2, -0.15) is 0 Å². The summed E-state index contributed by atoms with van der Waals surface area (Å²) in [5, 5.41) is 4.25. The van der Waals surface area contributed by atoms with Crippen molar-refractivity contribution in [3.63, 3.8) is 0 Å². The molecule has 1 aromatic rings. The van der Waals surface area contributed by atoms with E-state index in [4.69, 9.17) is 9.47 Å². The molecule has 1 aliphatic heterocycles. The lowest BCUT2D eigenvalue weighted by molar-refractivity contribution is -0.156. The summed E-state index contributed by atoms with van der Waals surface area (Å²) in [7, 11) is 0. The molecule has 5 heteroatoms. The second-order valence-electron chi connectivity index (χ2n) is 6.46. The highest BCUT2D eigenvalue weighted by Gasteiger charge is 2.32. The number of unbranched alkanes of at least 4 members (excludes halogenated alkanes) is 1. The first-order valence-electron chi connectivity index (χ1n) is 7.70. The maximum Gasteiger partial charge on any atom is 0.315 e. The summed E-state index contributed by atoms with van der Waals surface area (Å²) in [4.78, 5) is 12.3. The van der Waals surface area contributed by atoms with E-state index < -0.39 is 5.60 Å². The largest absolute Gasteiger partial charge is 0.494 e. The minimum atomic E-state index is -0.469. The van der Waals surface area contributed by atoms with Crippen LogP contribution in [0.4, 0.5) is 5.69 Å². The summed E-state index contributed by atoms with van der Waals surface area (Å²) in [5.41, 5.74) is 1.49. The van der Waals surface area contributed by atoms with Crippen LogP contribution < -0.4 is 10.1 Å². The second-order valence-corrected chi connectivity index (χ2v) is 7.25. The zero-order valence-electron chi connectivity index (χ0n) is 13.4. The van der Waals surface area contributed by atoms with Crippen LogP contribution in [0.2, 0.25) is 0 Å². The normalized spacial score (nSPS) is 16.8. The van der Waals surface area contributed by atoms with Gasteiger partial charge in [0.25, 0.3) is 0 Å². The molecule has 0 saturated carbocycles. The SMILES string of the molecule is CC(C)(C)OC(=O)C1CNc2ccc(OCCCCBr)cc21. The van der Waals surface area contributed by atoms with Gasteiger partial charge in [-0.15, -0.1) is 0 Å². The Morgan fingerprint density at radius 3 is 2.82 bits per heavy atom. The molecule has 0 spiro atoms. The van der Waals surface area contributed by atoms with Gasteiger partial charge >= 0.3 is 5.97 Å². The first-order valence-corrected chi connectivity index (χ1v) is 8.82. The fourth-order valence-corrected chi connectivity index (χ4v) is 2.77. The highest BCUT2D eigenvalue weighted by molar-refractivity contribution is 9.09. The van der Waals surface area contributed by atoms with E-state index in [9.17, 15) is 4.79 Å². The number of alkyl halides is 1. The third-order valence-electron chi connectivity index (χ3n) is 3.38. The Labute approximate surface area is 140 Å². The number of anilines is 1. The number of nitrogens with one attached hydrogen (secondary N) is 1. The number of ether oxygens (including phenoxy) is 2. The predicted octanol–water partition coefficient (Wildman–Crippen LogP) is 4.09. The molecule has 2 rings (SSSR count). The molecule has 1 atom stereocenters. The van der Waals surface area contributed by atoms with Gasteiger partial charge < -0.3 is 14.8 Å². The van der Waals surface area contributed by atoms with Gasteiger partial charge in [0.05, 0.1) is 6.61 Å². The first kappa shape index (κ1) is 17.1. The average Bonchev–Trinajstić information content (AvgIpc) is 2.85. The highest BCUT2D eigenvalue weighted by atomic mass is 79.9. The molecule has 0 aliphatic carbocycles. The molecule has 122 valence electrons. The lowest BCUT2D eigenvalue weighted by atomic mass is 10.0. The summed E-state index contributed by atoms with van der Waals surface area (Å²) in [6.07, 6.45) is 2.10. The van der Waals surface area contributed by atoms with E-state index in [0.717, 1.165) is 35.2 Å². The fourth-order valence-electron chi connectivity index (χ4n) is 2.37. The Morgan fingerprint density at radius 2 is 2.14 bits per heavy atom. The van der Waals surface area contributed by atoms with Gasteiger partial charge in [0.15, 0.2) is 0 Å². The summed E-state index contributed by atoms with van der Waals surface area (Å²) in [5.74, 6) is 0.362. The lowest BCUT2D eigenvalue weighted by Gasteiger charge is -2.22. The molecule has 1 unspecified atom stereocenters. The predicted molar refractivity (Wildman–Crippen MR) is 92.0 cm³/mol. The number of rotatable bonds is 6. The van der Waals surface area contributed by atoms with Crippen LogP contribution in [0.25, 0.3) is 0 Å². The van der Waals surface area contributed by atoms with Crippen LogP contribution in [0.1, 0.15) is 45.1 Å². The number of hydrogen-bond donors (Lipinski definition) is 1. The molecule has 1 aliphatic rings. The lowest BCUT2D eigenvalue weighted by Crippen LogP contribution is -2.28. The quantitative estimate of drug-likeness (QED) is 0.466. The summed E-state index contributed by atoms with van der Waals surface area (Å²) < 4.78 is 11.3. The second kappa shape index (κ2) is 7.36. The van der Waals surface area contributed by atoms with Crippen LogP contribution in [-0.4, -0.2) is 30.1 Å². The minimum Gasteiger partial charge on any atom is -0.494 e. The number of hydrogen-bond acceptors (Lipinski definition) is 4. The third kappa shape index (κ3) is 4.63. The monoisotopic (exact) mass is 369 g/mol. The van der Waals surface area contributed by atoms with Gasteiger partial charge in [0.1, 0.15) is 17.3 Å². The van der Waals surface area contributed by atoms with E-state index in [2.05, 4.69) is 21.2 Å². The van der Waals surface area contributed by atoms with E-state index >= 15 is 0 Å². The Hall–Kier alpha value is -1.23. The topological polar surface area (TPSA) is 47.6 Å². The van der Waals surface area contributed by atoms with Gasteiger partial charge in [-0.25, -0.2) is 0 Å². The molecule has 0 fully saturated rings. The smallest absolute Gasteiger partial charge is 0.315 e. The van der Waals surface area contributed by atoms with E-state index in [0.29, 0.717) is 13.2 Å². The van der Waals surface area contributed by atoms with Crippen LogP contribution in [-0.2, 0) is 9.53 Å². The van der Waals surface area contributed by atoms with Gasteiger partial charge in [0, 0.05) is 17.6 Å². The van der Waals surface area contributed by atoms with E-state index in [1.165, 1.54) is 0 Å². The highest BCUT2D eigenvalue weighted by Crippen LogP contribution is 2.35. The first-order chi connectivity index (χ1) is 10.4. The number of fused-ring (bicyclic) bond motifs is 1. The van der Waals surface area contributed by atoms with Crippen molar-refractivity contribution in [1.82, 2.24) is 0 Å². The Balaban J connectivity index is 2.04. The standard InChI is InChI=1S/C17H24BrNO3/c1-17(2,3)22-16(20)14-11-19-15-7-6-12(10-13(14)15)21-9-5-4-8-18/h6-7,10,14,19H,4-5,8-9,11H2,1-3H3. The van der Waals surface area contributed by atoms with Crippen LogP contribution in [0.5, 0.6) is 5.75 Å². The van der Waals surface area contributed by atoms with Crippen molar-refractivity contribution in [2.24, 2.45) is 0 Å². The van der Waals surface area contributed by atoms with Crippen LogP contribution in [0.15, 0.2) is 18.2 Å². The Morgan fingerprint density at radius 1 is 1.36 bits per heavy atom. The Kier molecular flexibility index (Phi) is 5.73. The molecular formula is C17H24BrNO3. The molecule has 0 saturated heterocycles. The molecule has 0 radical (unpaired) electrons. The third-order valence-corrected chi connectivity index (χ3v) is 3.94. The zero-order chi connectivity index (χ0) is 16.2. The molecule has 4 nitrogen and oxygen atoms in total. The maximum absolute atomic E-state index is 12.3. The molecule has 1 N–H and O–H groups in total. The van der Waals surface area contributed by atoms with E-state index in [-0.39, 0.29) is 11.9 Å². The van der Waals surface area contributed by atoms with E-state index in [1.807, 2.05) is 39.0 Å². The van der Waals surface area contributed by atoms with E-state index in [1.54, 1.807) is 0 Å². The molecule has 1 heterocycles. The van der Waals surface area contributed by atoms with Crippen molar-refractivity contribution in [1.29, 1.82) is 0 Å². The zero-order valence-corrected chi connectivity index (χ0v) is 15.0. The van der Waals surface area contributed by atoms with Gasteiger partial charge in [-0.3, -0.25) is 4.79 Å². The number of benzene rings is 1. The van der Waals surface area contributed by atoms with Gasteiger partial charge in [-0.1, -0.05) is 15.9 Å². The van der Waals surface area contributed by atoms with Crippen molar-refractivity contribution < 1.29 is 14.3 Å². The van der Waals surface area contributed by atoms with Crippen LogP contribution in [0, 0.1) is 0 Å². The van der Waals surface area contributed by atoms with Crippen LogP contribution >= 0.6 is 15.9 Å². The van der Waals surface area contributed by atoms with Crippen molar-refractivity contribution in [2.75, 3.05) is 23.8 Å². The molecule has 1 aromatic carbocycles. The molecular weight excluding hydrogens is 346 g/mol.